The summed E-state index contributed by atoms with van der Waals surface area (Å²) in [6.07, 6.45) is 3.40. The monoisotopic (exact) mass is 279 g/mol. The summed E-state index contributed by atoms with van der Waals surface area (Å²) < 4.78 is 0. The number of hydrogen-bond donors (Lipinski definition) is 2. The number of anilines is 1. The van der Waals surface area contributed by atoms with Gasteiger partial charge in [0.2, 0.25) is 0 Å². The van der Waals surface area contributed by atoms with Gasteiger partial charge >= 0.3 is 0 Å². The minimum Gasteiger partial charge on any atom is -0.362 e. The summed E-state index contributed by atoms with van der Waals surface area (Å²) in [6.45, 7) is 4.16. The van der Waals surface area contributed by atoms with Gasteiger partial charge in [-0.25, -0.2) is 0 Å². The van der Waals surface area contributed by atoms with Gasteiger partial charge in [0.1, 0.15) is 0 Å². The number of benzene rings is 1. The quantitative estimate of drug-likeness (QED) is 0.593. The van der Waals surface area contributed by atoms with Crippen LogP contribution in [0, 0.1) is 0 Å². The van der Waals surface area contributed by atoms with Crippen molar-refractivity contribution in [3.05, 3.63) is 29.8 Å². The Balaban J connectivity index is 2.27. The van der Waals surface area contributed by atoms with Crippen molar-refractivity contribution in [1.29, 1.82) is 0 Å². The molecule has 0 aliphatic heterocycles. The van der Waals surface area contributed by atoms with Crippen LogP contribution in [-0.2, 0) is 6.42 Å². The van der Waals surface area contributed by atoms with E-state index >= 15 is 0 Å². The molecule has 0 unspecified atom stereocenters. The molecule has 0 atom stereocenters. The molecule has 0 aliphatic rings. The Hall–Kier alpha value is -1.13. The van der Waals surface area contributed by atoms with Crippen molar-refractivity contribution in [2.75, 3.05) is 32.5 Å². The SMILES string of the molecule is CCCc1ccc(NC(=S)NCCCN(C)C)cc1. The molecule has 0 amide bonds. The summed E-state index contributed by atoms with van der Waals surface area (Å²) in [4.78, 5) is 2.17. The molecule has 0 saturated carbocycles. The molecular formula is C15H25N3S. The van der Waals surface area contributed by atoms with E-state index < -0.39 is 0 Å². The summed E-state index contributed by atoms with van der Waals surface area (Å²) in [5, 5.41) is 7.12. The Kier molecular flexibility index (Phi) is 7.45. The van der Waals surface area contributed by atoms with Crippen LogP contribution in [0.25, 0.3) is 0 Å². The number of thiocarbonyl (C=S) groups is 1. The van der Waals surface area contributed by atoms with Crippen LogP contribution in [-0.4, -0.2) is 37.2 Å². The molecule has 0 fully saturated rings. The van der Waals surface area contributed by atoms with Gasteiger partial charge in [-0.1, -0.05) is 25.5 Å². The third kappa shape index (κ3) is 7.13. The average molecular weight is 279 g/mol. The molecule has 2 N–H and O–H groups in total. The molecule has 106 valence electrons. The van der Waals surface area contributed by atoms with E-state index in [-0.39, 0.29) is 0 Å². The molecule has 1 aromatic rings. The first kappa shape index (κ1) is 15.9. The van der Waals surface area contributed by atoms with Gasteiger partial charge in [0, 0.05) is 12.2 Å². The summed E-state index contributed by atoms with van der Waals surface area (Å²) in [7, 11) is 4.16. The molecule has 3 nitrogen and oxygen atoms in total. The smallest absolute Gasteiger partial charge is 0.170 e. The van der Waals surface area contributed by atoms with Crippen molar-refractivity contribution < 1.29 is 0 Å². The molecular weight excluding hydrogens is 254 g/mol. The van der Waals surface area contributed by atoms with Crippen LogP contribution in [0.1, 0.15) is 25.3 Å². The number of rotatable bonds is 7. The number of aryl methyl sites for hydroxylation is 1. The maximum atomic E-state index is 5.26. The molecule has 0 aromatic heterocycles. The number of nitrogens with one attached hydrogen (secondary N) is 2. The molecule has 0 radical (unpaired) electrons. The number of nitrogens with zero attached hydrogens (tertiary/aromatic N) is 1. The summed E-state index contributed by atoms with van der Waals surface area (Å²) in [5.74, 6) is 0. The van der Waals surface area contributed by atoms with Gasteiger partial charge in [0.25, 0.3) is 0 Å². The average Bonchev–Trinajstić information content (AvgIpc) is 2.37. The highest BCUT2D eigenvalue weighted by Gasteiger charge is 1.98. The van der Waals surface area contributed by atoms with Gasteiger partial charge in [-0.05, 0) is 63.4 Å². The standard InChI is InChI=1S/C15H25N3S/c1-4-6-13-7-9-14(10-8-13)17-15(19)16-11-5-12-18(2)3/h7-10H,4-6,11-12H2,1-3H3,(H2,16,17,19). The Morgan fingerprint density at radius 1 is 1.21 bits per heavy atom. The fourth-order valence-corrected chi connectivity index (χ4v) is 2.04. The van der Waals surface area contributed by atoms with Crippen molar-refractivity contribution in [2.45, 2.75) is 26.2 Å². The molecule has 0 bridgehead atoms. The van der Waals surface area contributed by atoms with Crippen LogP contribution in [0.4, 0.5) is 5.69 Å². The van der Waals surface area contributed by atoms with Crippen molar-refractivity contribution >= 4 is 23.0 Å². The van der Waals surface area contributed by atoms with Crippen molar-refractivity contribution in [1.82, 2.24) is 10.2 Å². The second kappa shape index (κ2) is 8.88. The number of hydrogen-bond acceptors (Lipinski definition) is 2. The maximum Gasteiger partial charge on any atom is 0.170 e. The van der Waals surface area contributed by atoms with E-state index in [1.165, 1.54) is 12.0 Å². The lowest BCUT2D eigenvalue weighted by atomic mass is 10.1. The van der Waals surface area contributed by atoms with Crippen LogP contribution in [0.5, 0.6) is 0 Å². The van der Waals surface area contributed by atoms with Crippen LogP contribution in [0.2, 0.25) is 0 Å². The van der Waals surface area contributed by atoms with Gasteiger partial charge in [-0.2, -0.15) is 0 Å². The van der Waals surface area contributed by atoms with Gasteiger partial charge in [0.05, 0.1) is 0 Å². The zero-order valence-electron chi connectivity index (χ0n) is 12.2. The molecule has 0 aliphatic carbocycles. The zero-order valence-corrected chi connectivity index (χ0v) is 13.0. The molecule has 4 heteroatoms. The Bertz CT molecular complexity index is 373. The van der Waals surface area contributed by atoms with Gasteiger partial charge < -0.3 is 15.5 Å². The highest BCUT2D eigenvalue weighted by molar-refractivity contribution is 7.80. The molecule has 19 heavy (non-hydrogen) atoms. The predicted molar refractivity (Wildman–Crippen MR) is 87.8 cm³/mol. The first-order valence-electron chi connectivity index (χ1n) is 6.90. The van der Waals surface area contributed by atoms with Crippen LogP contribution in [0.3, 0.4) is 0 Å². The fourth-order valence-electron chi connectivity index (χ4n) is 1.82. The van der Waals surface area contributed by atoms with E-state index in [2.05, 4.69) is 60.8 Å². The van der Waals surface area contributed by atoms with Crippen LogP contribution >= 0.6 is 12.2 Å². The summed E-state index contributed by atoms with van der Waals surface area (Å²) >= 11 is 5.26. The third-order valence-corrected chi connectivity index (χ3v) is 3.06. The second-order valence-electron chi connectivity index (χ2n) is 4.98. The van der Waals surface area contributed by atoms with Gasteiger partial charge in [0.15, 0.2) is 5.11 Å². The van der Waals surface area contributed by atoms with E-state index in [1.54, 1.807) is 0 Å². The van der Waals surface area contributed by atoms with E-state index in [0.717, 1.165) is 31.6 Å². The Labute approximate surface area is 122 Å². The molecule has 0 heterocycles. The van der Waals surface area contributed by atoms with Gasteiger partial charge in [-0.15, -0.1) is 0 Å². The first-order valence-corrected chi connectivity index (χ1v) is 7.31. The Morgan fingerprint density at radius 3 is 2.47 bits per heavy atom. The molecule has 0 spiro atoms. The van der Waals surface area contributed by atoms with Crippen molar-refractivity contribution in [3.63, 3.8) is 0 Å². The first-order chi connectivity index (χ1) is 9.11. The van der Waals surface area contributed by atoms with E-state index in [1.807, 2.05) is 0 Å². The molecule has 0 saturated heterocycles. The van der Waals surface area contributed by atoms with Crippen molar-refractivity contribution in [3.8, 4) is 0 Å². The minimum atomic E-state index is 0.696. The second-order valence-corrected chi connectivity index (χ2v) is 5.39. The zero-order chi connectivity index (χ0) is 14.1. The van der Waals surface area contributed by atoms with Crippen LogP contribution < -0.4 is 10.6 Å². The Morgan fingerprint density at radius 2 is 1.89 bits per heavy atom. The normalized spacial score (nSPS) is 10.5. The summed E-state index contributed by atoms with van der Waals surface area (Å²) in [5.41, 5.74) is 2.42. The third-order valence-electron chi connectivity index (χ3n) is 2.82. The summed E-state index contributed by atoms with van der Waals surface area (Å²) in [6, 6.07) is 8.47. The fraction of sp³-hybridized carbons (Fsp3) is 0.533. The lowest BCUT2D eigenvalue weighted by molar-refractivity contribution is 0.400. The lowest BCUT2D eigenvalue weighted by Crippen LogP contribution is -2.30. The van der Waals surface area contributed by atoms with Crippen molar-refractivity contribution in [2.24, 2.45) is 0 Å². The highest BCUT2D eigenvalue weighted by Crippen LogP contribution is 2.10. The maximum absolute atomic E-state index is 5.26. The largest absolute Gasteiger partial charge is 0.362 e. The van der Waals surface area contributed by atoms with E-state index in [0.29, 0.717) is 5.11 Å². The van der Waals surface area contributed by atoms with Crippen LogP contribution in [0.15, 0.2) is 24.3 Å². The highest BCUT2D eigenvalue weighted by atomic mass is 32.1. The van der Waals surface area contributed by atoms with E-state index in [9.17, 15) is 0 Å². The molecule has 1 rings (SSSR count). The van der Waals surface area contributed by atoms with Gasteiger partial charge in [-0.3, -0.25) is 0 Å². The lowest BCUT2D eigenvalue weighted by Gasteiger charge is -2.12. The van der Waals surface area contributed by atoms with E-state index in [4.69, 9.17) is 12.2 Å². The molecule has 1 aromatic carbocycles. The predicted octanol–water partition coefficient (Wildman–Crippen LogP) is 2.88. The topological polar surface area (TPSA) is 27.3 Å². The minimum absolute atomic E-state index is 0.696.